The topological polar surface area (TPSA) is 98.2 Å². The van der Waals surface area contributed by atoms with Crippen molar-refractivity contribution in [2.75, 3.05) is 33.2 Å². The highest BCUT2D eigenvalue weighted by Crippen LogP contribution is 2.48. The van der Waals surface area contributed by atoms with Gasteiger partial charge in [-0.05, 0) is 25.2 Å². The number of aliphatic carboxylic acids is 1. The van der Waals surface area contributed by atoms with Crippen LogP contribution in [0.3, 0.4) is 0 Å². The van der Waals surface area contributed by atoms with E-state index < -0.39 is 11.4 Å². The van der Waals surface area contributed by atoms with E-state index in [-0.39, 0.29) is 49.8 Å². The van der Waals surface area contributed by atoms with Crippen molar-refractivity contribution in [2.24, 2.45) is 11.3 Å². The second-order valence-electron chi connectivity index (χ2n) is 7.11. The number of amides is 4. The van der Waals surface area contributed by atoms with E-state index in [1.807, 2.05) is 0 Å². The van der Waals surface area contributed by atoms with Crippen molar-refractivity contribution in [3.63, 3.8) is 0 Å². The molecule has 2 atom stereocenters. The molecule has 0 aromatic heterocycles. The van der Waals surface area contributed by atoms with Crippen LogP contribution in [0.4, 0.5) is 4.79 Å². The number of hydrogen-bond acceptors (Lipinski definition) is 4. The standard InChI is InChI=1S/C16H23N3O5/c1-17-9-13(21)19(15(17)24)7-3-5-12(20)18-8-11-4-2-6-16(11,10-18)14(22)23/h11H,2-10H2,1H3,(H,22,23)/t11-,16+/m0/s1. The van der Waals surface area contributed by atoms with E-state index in [4.69, 9.17) is 0 Å². The van der Waals surface area contributed by atoms with Gasteiger partial charge in [-0.3, -0.25) is 19.3 Å². The highest BCUT2D eigenvalue weighted by molar-refractivity contribution is 6.01. The number of hydrogen-bond donors (Lipinski definition) is 1. The Morgan fingerprint density at radius 1 is 1.33 bits per heavy atom. The first-order valence-electron chi connectivity index (χ1n) is 8.42. The highest BCUT2D eigenvalue weighted by atomic mass is 16.4. The van der Waals surface area contributed by atoms with Crippen molar-refractivity contribution in [3.8, 4) is 0 Å². The Morgan fingerprint density at radius 3 is 2.67 bits per heavy atom. The van der Waals surface area contributed by atoms with Crippen LogP contribution in [-0.2, 0) is 14.4 Å². The molecule has 2 saturated heterocycles. The maximum atomic E-state index is 12.4. The molecule has 2 heterocycles. The predicted octanol–water partition coefficient (Wildman–Crippen LogP) is 0.374. The molecular formula is C16H23N3O5. The van der Waals surface area contributed by atoms with Gasteiger partial charge in [-0.15, -0.1) is 0 Å². The molecule has 132 valence electrons. The third-order valence-electron chi connectivity index (χ3n) is 5.65. The second-order valence-corrected chi connectivity index (χ2v) is 7.11. The van der Waals surface area contributed by atoms with Crippen LogP contribution in [0.5, 0.6) is 0 Å². The van der Waals surface area contributed by atoms with E-state index in [9.17, 15) is 24.3 Å². The van der Waals surface area contributed by atoms with Crippen LogP contribution in [0, 0.1) is 11.3 Å². The summed E-state index contributed by atoms with van der Waals surface area (Å²) >= 11 is 0. The number of carboxylic acids is 1. The Balaban J connectivity index is 1.51. The average molecular weight is 337 g/mol. The number of fused-ring (bicyclic) bond motifs is 1. The third kappa shape index (κ3) is 2.63. The fraction of sp³-hybridized carbons (Fsp3) is 0.750. The molecule has 3 rings (SSSR count). The van der Waals surface area contributed by atoms with Crippen LogP contribution in [0.1, 0.15) is 32.1 Å². The summed E-state index contributed by atoms with van der Waals surface area (Å²) in [5, 5.41) is 9.55. The summed E-state index contributed by atoms with van der Waals surface area (Å²) in [4.78, 5) is 51.6. The Kier molecular flexibility index (Phi) is 4.23. The minimum absolute atomic E-state index is 0.0503. The fourth-order valence-electron chi connectivity index (χ4n) is 4.26. The minimum atomic E-state index is -0.795. The first-order chi connectivity index (χ1) is 11.3. The normalized spacial score (nSPS) is 29.5. The second kappa shape index (κ2) is 6.07. The van der Waals surface area contributed by atoms with Gasteiger partial charge in [0.1, 0.15) is 6.54 Å². The number of carbonyl (C=O) groups is 4. The monoisotopic (exact) mass is 337 g/mol. The van der Waals surface area contributed by atoms with Crippen LogP contribution >= 0.6 is 0 Å². The van der Waals surface area contributed by atoms with Crippen molar-refractivity contribution >= 4 is 23.8 Å². The molecule has 0 unspecified atom stereocenters. The largest absolute Gasteiger partial charge is 0.481 e. The molecule has 3 fully saturated rings. The molecule has 0 radical (unpaired) electrons. The number of imide groups is 1. The summed E-state index contributed by atoms with van der Waals surface area (Å²) in [6.45, 7) is 1.11. The van der Waals surface area contributed by atoms with E-state index in [1.165, 1.54) is 9.80 Å². The first-order valence-corrected chi connectivity index (χ1v) is 8.42. The maximum Gasteiger partial charge on any atom is 0.326 e. The fourth-order valence-corrected chi connectivity index (χ4v) is 4.26. The van der Waals surface area contributed by atoms with Crippen molar-refractivity contribution in [1.29, 1.82) is 0 Å². The van der Waals surface area contributed by atoms with Crippen LogP contribution in [0.25, 0.3) is 0 Å². The highest BCUT2D eigenvalue weighted by Gasteiger charge is 2.55. The van der Waals surface area contributed by atoms with Gasteiger partial charge in [-0.25, -0.2) is 4.79 Å². The van der Waals surface area contributed by atoms with E-state index in [0.29, 0.717) is 19.4 Å². The molecule has 1 aliphatic carbocycles. The van der Waals surface area contributed by atoms with Gasteiger partial charge in [0.05, 0.1) is 5.41 Å². The first kappa shape index (κ1) is 16.7. The molecule has 0 spiro atoms. The van der Waals surface area contributed by atoms with Gasteiger partial charge in [0.2, 0.25) is 11.8 Å². The van der Waals surface area contributed by atoms with Gasteiger partial charge < -0.3 is 14.9 Å². The Labute approximate surface area is 140 Å². The van der Waals surface area contributed by atoms with Crippen LogP contribution in [0.2, 0.25) is 0 Å². The van der Waals surface area contributed by atoms with Gasteiger partial charge in [-0.2, -0.15) is 0 Å². The number of carboxylic acid groups (broad SMARTS) is 1. The lowest BCUT2D eigenvalue weighted by Crippen LogP contribution is -2.37. The summed E-state index contributed by atoms with van der Waals surface area (Å²) in [6.07, 6.45) is 3.04. The molecule has 0 aromatic rings. The van der Waals surface area contributed by atoms with E-state index in [2.05, 4.69) is 0 Å². The molecule has 2 aliphatic heterocycles. The van der Waals surface area contributed by atoms with Crippen molar-refractivity contribution in [2.45, 2.75) is 32.1 Å². The summed E-state index contributed by atoms with van der Waals surface area (Å²) in [5.41, 5.74) is -0.765. The smallest absolute Gasteiger partial charge is 0.326 e. The maximum absolute atomic E-state index is 12.4. The molecule has 4 amide bonds. The zero-order chi connectivity index (χ0) is 17.5. The molecule has 0 bridgehead atoms. The molecule has 3 aliphatic rings. The van der Waals surface area contributed by atoms with Crippen molar-refractivity contribution < 1.29 is 24.3 Å². The van der Waals surface area contributed by atoms with Gasteiger partial charge in [0.15, 0.2) is 0 Å². The van der Waals surface area contributed by atoms with Gasteiger partial charge in [0.25, 0.3) is 0 Å². The average Bonchev–Trinajstić information content (AvgIpc) is 3.14. The number of carbonyl (C=O) groups excluding carboxylic acids is 3. The summed E-state index contributed by atoms with van der Waals surface area (Å²) in [5.74, 6) is -1.07. The van der Waals surface area contributed by atoms with Crippen LogP contribution in [0.15, 0.2) is 0 Å². The Morgan fingerprint density at radius 2 is 2.08 bits per heavy atom. The van der Waals surface area contributed by atoms with Gasteiger partial charge in [-0.1, -0.05) is 6.42 Å². The lowest BCUT2D eigenvalue weighted by molar-refractivity contribution is -0.149. The number of urea groups is 1. The van der Waals surface area contributed by atoms with Crippen molar-refractivity contribution in [1.82, 2.24) is 14.7 Å². The lowest BCUT2D eigenvalue weighted by Gasteiger charge is -2.23. The Hall–Kier alpha value is -2.12. The summed E-state index contributed by atoms with van der Waals surface area (Å²) < 4.78 is 0. The molecule has 1 saturated carbocycles. The molecule has 8 heteroatoms. The van der Waals surface area contributed by atoms with Crippen LogP contribution < -0.4 is 0 Å². The zero-order valence-electron chi connectivity index (χ0n) is 13.9. The number of likely N-dealkylation sites (N-methyl/N-ethyl adjacent to an activating group) is 1. The Bertz CT molecular complexity index is 592. The third-order valence-corrected chi connectivity index (χ3v) is 5.65. The van der Waals surface area contributed by atoms with Crippen LogP contribution in [-0.4, -0.2) is 76.8 Å². The van der Waals surface area contributed by atoms with Gasteiger partial charge in [0, 0.05) is 33.1 Å². The summed E-state index contributed by atoms with van der Waals surface area (Å²) in [6, 6.07) is -0.326. The number of rotatable bonds is 5. The minimum Gasteiger partial charge on any atom is -0.481 e. The van der Waals surface area contributed by atoms with E-state index in [0.717, 1.165) is 12.8 Å². The molecule has 0 aromatic carbocycles. The summed E-state index contributed by atoms with van der Waals surface area (Å²) in [7, 11) is 1.57. The quantitative estimate of drug-likeness (QED) is 0.731. The van der Waals surface area contributed by atoms with Gasteiger partial charge >= 0.3 is 12.0 Å². The molecule has 8 nitrogen and oxygen atoms in total. The molecule has 24 heavy (non-hydrogen) atoms. The SMILES string of the molecule is CN1CC(=O)N(CCCC(=O)N2C[C@@H]3CCC[C@@]3(C(=O)O)C2)C1=O. The predicted molar refractivity (Wildman–Crippen MR) is 83.0 cm³/mol. The van der Waals surface area contributed by atoms with Crippen molar-refractivity contribution in [3.05, 3.63) is 0 Å². The van der Waals surface area contributed by atoms with E-state index in [1.54, 1.807) is 11.9 Å². The van der Waals surface area contributed by atoms with E-state index >= 15 is 0 Å². The number of likely N-dealkylation sites (tertiary alicyclic amines) is 1. The zero-order valence-corrected chi connectivity index (χ0v) is 13.9. The molecule has 1 N–H and O–H groups in total. The molecular weight excluding hydrogens is 314 g/mol. The number of nitrogens with zero attached hydrogens (tertiary/aromatic N) is 3. The lowest BCUT2D eigenvalue weighted by atomic mass is 9.81.